The maximum Gasteiger partial charge on any atom is 0.501 e. The van der Waals surface area contributed by atoms with Crippen molar-refractivity contribution in [3.8, 4) is 0 Å². The summed E-state index contributed by atoms with van der Waals surface area (Å²) in [5.74, 6) is -0.608. The van der Waals surface area contributed by atoms with Crippen LogP contribution in [0.25, 0.3) is 0 Å². The number of nitrogens with zero attached hydrogens (tertiary/aromatic N) is 3. The third-order valence-electron chi connectivity index (χ3n) is 5.76. The Labute approximate surface area is 176 Å². The van der Waals surface area contributed by atoms with E-state index in [1.54, 1.807) is 18.3 Å². The van der Waals surface area contributed by atoms with Crippen molar-refractivity contribution in [3.63, 3.8) is 0 Å². The van der Waals surface area contributed by atoms with Crippen molar-refractivity contribution < 1.29 is 31.2 Å². The van der Waals surface area contributed by atoms with E-state index < -0.39 is 37.7 Å². The molecule has 0 bridgehead atoms. The third kappa shape index (κ3) is 3.01. The number of sulfone groups is 1. The van der Waals surface area contributed by atoms with Gasteiger partial charge in [-0.15, -0.1) is 0 Å². The molecule has 1 aromatic carbocycles. The average Bonchev–Trinajstić information content (AvgIpc) is 3.33. The van der Waals surface area contributed by atoms with Crippen LogP contribution in [0.2, 0.25) is 0 Å². The summed E-state index contributed by atoms with van der Waals surface area (Å²) in [5.41, 5.74) is -5.27. The van der Waals surface area contributed by atoms with Crippen LogP contribution in [-0.2, 0) is 21.1 Å². The topological polar surface area (TPSA) is 87.7 Å². The highest BCUT2D eigenvalue weighted by Gasteiger charge is 2.70. The van der Waals surface area contributed by atoms with Crippen LogP contribution >= 0.6 is 0 Å². The summed E-state index contributed by atoms with van der Waals surface area (Å²) in [6, 6.07) is 6.25. The lowest BCUT2D eigenvalue weighted by atomic mass is 10.1. The maximum atomic E-state index is 13.3. The molecule has 1 saturated heterocycles. The first kappa shape index (κ1) is 21.3. The van der Waals surface area contributed by atoms with Crippen LogP contribution in [-0.4, -0.2) is 36.4 Å². The number of carbonyl (C=O) groups is 2. The fourth-order valence-electron chi connectivity index (χ4n) is 3.94. The number of carbonyl (C=O) groups excluding carboxylic acids is 2. The van der Waals surface area contributed by atoms with Gasteiger partial charge in [-0.3, -0.25) is 14.7 Å². The first-order valence-corrected chi connectivity index (χ1v) is 11.0. The molecule has 0 radical (unpaired) electrons. The Morgan fingerprint density at radius 2 is 1.74 bits per heavy atom. The van der Waals surface area contributed by atoms with Crippen molar-refractivity contribution in [1.29, 1.82) is 0 Å². The number of hydrogen-bond donors (Lipinski definition) is 0. The first-order chi connectivity index (χ1) is 14.4. The second kappa shape index (κ2) is 6.78. The van der Waals surface area contributed by atoms with Crippen LogP contribution in [0.15, 0.2) is 47.5 Å². The number of rotatable bonds is 4. The highest BCUT2D eigenvalue weighted by Crippen LogP contribution is 2.55. The molecule has 1 aromatic heterocycles. The van der Waals surface area contributed by atoms with Crippen LogP contribution < -0.4 is 9.80 Å². The van der Waals surface area contributed by atoms with E-state index in [1.165, 1.54) is 4.90 Å². The van der Waals surface area contributed by atoms with Gasteiger partial charge in [0.25, 0.3) is 15.7 Å². The number of halogens is 3. The Balaban J connectivity index is 1.74. The zero-order chi connectivity index (χ0) is 22.8. The number of urea groups is 1. The molecule has 2 aromatic rings. The van der Waals surface area contributed by atoms with Gasteiger partial charge in [0.15, 0.2) is 0 Å². The molecule has 2 fully saturated rings. The minimum Gasteiger partial charge on any atom is -0.278 e. The maximum absolute atomic E-state index is 13.3. The van der Waals surface area contributed by atoms with Crippen LogP contribution in [0, 0.1) is 5.92 Å². The van der Waals surface area contributed by atoms with Crippen molar-refractivity contribution in [3.05, 3.63) is 48.3 Å². The summed E-state index contributed by atoms with van der Waals surface area (Å²) in [4.78, 5) is 32.0. The SMILES string of the molecule is CCc1cc(N2C(=O)N(c3ccc(S(=O)(=O)C(F)(F)F)cc3)C(=O)C23CC3C)ccn1. The quantitative estimate of drug-likeness (QED) is 0.659. The van der Waals surface area contributed by atoms with Crippen molar-refractivity contribution in [2.24, 2.45) is 5.92 Å². The van der Waals surface area contributed by atoms with Gasteiger partial charge in [0.2, 0.25) is 0 Å². The lowest BCUT2D eigenvalue weighted by Crippen LogP contribution is -2.39. The molecule has 1 aliphatic carbocycles. The van der Waals surface area contributed by atoms with Gasteiger partial charge in [-0.25, -0.2) is 18.1 Å². The molecule has 1 spiro atoms. The first-order valence-electron chi connectivity index (χ1n) is 9.50. The van der Waals surface area contributed by atoms with Gasteiger partial charge in [0, 0.05) is 17.6 Å². The molecule has 1 saturated carbocycles. The number of aromatic nitrogens is 1. The second-order valence-electron chi connectivity index (χ2n) is 7.59. The summed E-state index contributed by atoms with van der Waals surface area (Å²) in [6.07, 6.45) is 2.62. The normalized spacial score (nSPS) is 23.7. The number of alkyl halides is 3. The Kier molecular flexibility index (Phi) is 4.65. The van der Waals surface area contributed by atoms with Crippen molar-refractivity contribution >= 4 is 33.2 Å². The fraction of sp³-hybridized carbons (Fsp3) is 0.350. The molecule has 3 amide bonds. The second-order valence-corrected chi connectivity index (χ2v) is 9.53. The number of aryl methyl sites for hydroxylation is 1. The number of hydrogen-bond acceptors (Lipinski definition) is 5. The third-order valence-corrected chi connectivity index (χ3v) is 7.26. The molecule has 2 unspecified atom stereocenters. The average molecular weight is 453 g/mol. The smallest absolute Gasteiger partial charge is 0.278 e. The predicted octanol–water partition coefficient (Wildman–Crippen LogP) is 3.69. The van der Waals surface area contributed by atoms with Crippen LogP contribution in [0.4, 0.5) is 29.3 Å². The highest BCUT2D eigenvalue weighted by molar-refractivity contribution is 7.92. The highest BCUT2D eigenvalue weighted by atomic mass is 32.2. The zero-order valence-electron chi connectivity index (χ0n) is 16.5. The largest absolute Gasteiger partial charge is 0.501 e. The number of pyridine rings is 1. The molecule has 11 heteroatoms. The monoisotopic (exact) mass is 453 g/mol. The van der Waals surface area contributed by atoms with Crippen LogP contribution in [0.3, 0.4) is 0 Å². The van der Waals surface area contributed by atoms with Gasteiger partial charge in [-0.05, 0) is 55.2 Å². The summed E-state index contributed by atoms with van der Waals surface area (Å²) in [5, 5.41) is 0. The Hall–Kier alpha value is -2.95. The van der Waals surface area contributed by atoms with Crippen molar-refractivity contribution in [2.75, 3.05) is 9.80 Å². The molecule has 31 heavy (non-hydrogen) atoms. The molecule has 7 nitrogen and oxygen atoms in total. The number of benzene rings is 1. The molecule has 2 atom stereocenters. The minimum atomic E-state index is -5.53. The summed E-state index contributed by atoms with van der Waals surface area (Å²) in [6.45, 7) is 3.74. The molecule has 2 aliphatic rings. The minimum absolute atomic E-state index is 0.00173. The Bertz CT molecular complexity index is 1180. The van der Waals surface area contributed by atoms with Gasteiger partial charge >= 0.3 is 11.5 Å². The molecule has 4 rings (SSSR count). The molecule has 2 heterocycles. The van der Waals surface area contributed by atoms with E-state index in [2.05, 4.69) is 4.98 Å². The van der Waals surface area contributed by atoms with Gasteiger partial charge in [0.1, 0.15) is 5.54 Å². The van der Waals surface area contributed by atoms with E-state index in [9.17, 15) is 31.2 Å². The van der Waals surface area contributed by atoms with E-state index in [0.717, 1.165) is 34.9 Å². The van der Waals surface area contributed by atoms with Crippen molar-refractivity contribution in [1.82, 2.24) is 4.98 Å². The lowest BCUT2D eigenvalue weighted by molar-refractivity contribution is -0.119. The van der Waals surface area contributed by atoms with E-state index in [-0.39, 0.29) is 11.6 Å². The fourth-order valence-corrected chi connectivity index (χ4v) is 4.70. The van der Waals surface area contributed by atoms with E-state index in [1.807, 2.05) is 13.8 Å². The Morgan fingerprint density at radius 3 is 2.26 bits per heavy atom. The summed E-state index contributed by atoms with van der Waals surface area (Å²) in [7, 11) is -5.53. The predicted molar refractivity (Wildman–Crippen MR) is 105 cm³/mol. The van der Waals surface area contributed by atoms with Crippen molar-refractivity contribution in [2.45, 2.75) is 42.6 Å². The standard InChI is InChI=1S/C20H18F3N3O4S/c1-3-13-10-15(8-9-24-13)26-18(28)25(17(27)19(26)11-12(19)2)14-4-6-16(7-5-14)31(29,30)20(21,22)23/h4-10,12H,3,11H2,1-2H3. The van der Waals surface area contributed by atoms with Crippen LogP contribution in [0.1, 0.15) is 26.0 Å². The zero-order valence-corrected chi connectivity index (χ0v) is 17.4. The summed E-state index contributed by atoms with van der Waals surface area (Å²) < 4.78 is 61.5. The molecule has 0 N–H and O–H groups in total. The lowest BCUT2D eigenvalue weighted by Gasteiger charge is -2.22. The van der Waals surface area contributed by atoms with E-state index in [4.69, 9.17) is 0 Å². The number of amides is 3. The molecule has 164 valence electrons. The molecular formula is C20H18F3N3O4S. The van der Waals surface area contributed by atoms with Gasteiger partial charge in [-0.2, -0.15) is 13.2 Å². The van der Waals surface area contributed by atoms with Gasteiger partial charge in [-0.1, -0.05) is 13.8 Å². The molecule has 1 aliphatic heterocycles. The Morgan fingerprint density at radius 1 is 1.13 bits per heavy atom. The van der Waals surface area contributed by atoms with E-state index in [0.29, 0.717) is 18.5 Å². The number of imide groups is 1. The van der Waals surface area contributed by atoms with Gasteiger partial charge in [0.05, 0.1) is 10.6 Å². The van der Waals surface area contributed by atoms with Gasteiger partial charge < -0.3 is 0 Å². The molecular weight excluding hydrogens is 435 g/mol. The summed E-state index contributed by atoms with van der Waals surface area (Å²) >= 11 is 0. The van der Waals surface area contributed by atoms with E-state index >= 15 is 0 Å². The number of anilines is 2. The van der Waals surface area contributed by atoms with Crippen LogP contribution in [0.5, 0.6) is 0 Å².